The monoisotopic (exact) mass is 276 g/mol. The number of hydrogen-bond donors (Lipinski definition) is 1. The number of hydrogen-bond acceptors (Lipinski definition) is 5. The quantitative estimate of drug-likeness (QED) is 0.905. The minimum atomic E-state index is -0.256. The molecule has 2 aromatic heterocycles. The topological polar surface area (TPSA) is 82.2 Å². The van der Waals surface area contributed by atoms with Gasteiger partial charge in [-0.3, -0.25) is 4.79 Å². The molecular formula is C13H16N4O3. The SMILES string of the molecule is CCn1ccnc1[C@H]1OCC[C@@H]1NC(=O)c1ccon1. The third-order valence-corrected chi connectivity index (χ3v) is 3.42. The van der Waals surface area contributed by atoms with Crippen molar-refractivity contribution in [2.75, 3.05) is 6.61 Å². The van der Waals surface area contributed by atoms with Gasteiger partial charge in [0.25, 0.3) is 5.91 Å². The van der Waals surface area contributed by atoms with Crippen LogP contribution in [0, 0.1) is 0 Å². The highest BCUT2D eigenvalue weighted by Crippen LogP contribution is 2.28. The van der Waals surface area contributed by atoms with Crippen LogP contribution in [0.4, 0.5) is 0 Å². The zero-order valence-electron chi connectivity index (χ0n) is 11.2. The second-order valence-corrected chi connectivity index (χ2v) is 4.62. The molecule has 1 aliphatic rings. The molecule has 106 valence electrons. The fraction of sp³-hybridized carbons (Fsp3) is 0.462. The summed E-state index contributed by atoms with van der Waals surface area (Å²) in [5, 5.41) is 6.56. The smallest absolute Gasteiger partial charge is 0.273 e. The van der Waals surface area contributed by atoms with E-state index in [9.17, 15) is 4.79 Å². The number of aryl methyl sites for hydroxylation is 1. The Bertz CT molecular complexity index is 578. The van der Waals surface area contributed by atoms with Crippen LogP contribution in [0.3, 0.4) is 0 Å². The predicted molar refractivity (Wildman–Crippen MR) is 69.0 cm³/mol. The van der Waals surface area contributed by atoms with Crippen LogP contribution in [0.2, 0.25) is 0 Å². The molecule has 1 fully saturated rings. The van der Waals surface area contributed by atoms with Crippen molar-refractivity contribution in [2.45, 2.75) is 32.0 Å². The summed E-state index contributed by atoms with van der Waals surface area (Å²) in [4.78, 5) is 16.4. The van der Waals surface area contributed by atoms with Crippen molar-refractivity contribution in [3.05, 3.63) is 36.2 Å². The molecule has 0 unspecified atom stereocenters. The van der Waals surface area contributed by atoms with E-state index in [0.29, 0.717) is 6.61 Å². The van der Waals surface area contributed by atoms with Gasteiger partial charge >= 0.3 is 0 Å². The normalized spacial score (nSPS) is 22.1. The van der Waals surface area contributed by atoms with Gasteiger partial charge in [0.2, 0.25) is 0 Å². The second kappa shape index (κ2) is 5.46. The van der Waals surface area contributed by atoms with Gasteiger partial charge in [0.15, 0.2) is 5.69 Å². The molecule has 0 spiro atoms. The van der Waals surface area contributed by atoms with Crippen LogP contribution < -0.4 is 5.32 Å². The van der Waals surface area contributed by atoms with Gasteiger partial charge in [-0.1, -0.05) is 5.16 Å². The van der Waals surface area contributed by atoms with Crippen LogP contribution in [0.1, 0.15) is 35.8 Å². The minimum Gasteiger partial charge on any atom is -0.368 e. The summed E-state index contributed by atoms with van der Waals surface area (Å²) in [7, 11) is 0. The van der Waals surface area contributed by atoms with E-state index >= 15 is 0 Å². The Morgan fingerprint density at radius 2 is 2.50 bits per heavy atom. The van der Waals surface area contributed by atoms with Gasteiger partial charge in [0, 0.05) is 31.6 Å². The number of nitrogens with zero attached hydrogens (tertiary/aromatic N) is 3. The molecule has 20 heavy (non-hydrogen) atoms. The fourth-order valence-corrected chi connectivity index (χ4v) is 2.41. The number of imidazole rings is 1. The molecule has 1 N–H and O–H groups in total. The van der Waals surface area contributed by atoms with Crippen molar-refractivity contribution in [1.29, 1.82) is 0 Å². The predicted octanol–water partition coefficient (Wildman–Crippen LogP) is 1.15. The van der Waals surface area contributed by atoms with Crippen LogP contribution in [-0.4, -0.2) is 33.3 Å². The van der Waals surface area contributed by atoms with Crippen LogP contribution in [0.5, 0.6) is 0 Å². The van der Waals surface area contributed by atoms with Crippen LogP contribution >= 0.6 is 0 Å². The first-order valence-corrected chi connectivity index (χ1v) is 6.63. The van der Waals surface area contributed by atoms with Crippen molar-refractivity contribution in [2.24, 2.45) is 0 Å². The van der Waals surface area contributed by atoms with E-state index in [0.717, 1.165) is 18.8 Å². The molecule has 2 atom stereocenters. The van der Waals surface area contributed by atoms with E-state index < -0.39 is 0 Å². The molecule has 0 radical (unpaired) electrons. The fourth-order valence-electron chi connectivity index (χ4n) is 2.41. The lowest BCUT2D eigenvalue weighted by molar-refractivity contribution is 0.0770. The lowest BCUT2D eigenvalue weighted by Crippen LogP contribution is -2.37. The summed E-state index contributed by atoms with van der Waals surface area (Å²) >= 11 is 0. The first kappa shape index (κ1) is 12.9. The Morgan fingerprint density at radius 1 is 1.60 bits per heavy atom. The highest BCUT2D eigenvalue weighted by Gasteiger charge is 2.34. The first-order chi connectivity index (χ1) is 9.79. The van der Waals surface area contributed by atoms with Crippen molar-refractivity contribution >= 4 is 5.91 Å². The average Bonchev–Trinajstić information content (AvgIpc) is 3.19. The summed E-state index contributed by atoms with van der Waals surface area (Å²) in [5.41, 5.74) is 0.273. The minimum absolute atomic E-state index is 0.105. The molecule has 1 saturated heterocycles. The molecule has 1 aliphatic heterocycles. The molecule has 0 aromatic carbocycles. The van der Waals surface area contributed by atoms with E-state index in [4.69, 9.17) is 4.74 Å². The Morgan fingerprint density at radius 3 is 3.25 bits per heavy atom. The lowest BCUT2D eigenvalue weighted by Gasteiger charge is -2.19. The number of ether oxygens (including phenoxy) is 1. The third kappa shape index (κ3) is 2.32. The summed E-state index contributed by atoms with van der Waals surface area (Å²) in [6.45, 7) is 3.47. The van der Waals surface area contributed by atoms with E-state index in [1.807, 2.05) is 17.7 Å². The second-order valence-electron chi connectivity index (χ2n) is 4.62. The standard InChI is InChI=1S/C13H16N4O3/c1-2-17-6-5-14-12(17)11-9(3-7-19-11)15-13(18)10-4-8-20-16-10/h4-6,8-9,11H,2-3,7H2,1H3,(H,15,18)/t9-,11-/m0/s1. The summed E-state index contributed by atoms with van der Waals surface area (Å²) in [6, 6.07) is 1.43. The summed E-state index contributed by atoms with van der Waals surface area (Å²) < 4.78 is 12.4. The molecule has 0 aliphatic carbocycles. The zero-order chi connectivity index (χ0) is 13.9. The molecule has 0 saturated carbocycles. The molecule has 0 bridgehead atoms. The van der Waals surface area contributed by atoms with Crippen molar-refractivity contribution in [1.82, 2.24) is 20.0 Å². The van der Waals surface area contributed by atoms with Crippen LogP contribution in [-0.2, 0) is 11.3 Å². The van der Waals surface area contributed by atoms with E-state index in [1.165, 1.54) is 12.3 Å². The van der Waals surface area contributed by atoms with E-state index in [2.05, 4.69) is 20.0 Å². The van der Waals surface area contributed by atoms with Gasteiger partial charge in [-0.2, -0.15) is 0 Å². The molecule has 2 aromatic rings. The number of rotatable bonds is 4. The van der Waals surface area contributed by atoms with Crippen LogP contribution in [0.15, 0.2) is 29.2 Å². The maximum absolute atomic E-state index is 12.0. The Balaban J connectivity index is 1.74. The number of aromatic nitrogens is 3. The Labute approximate surface area is 115 Å². The number of nitrogens with one attached hydrogen (secondary N) is 1. The largest absolute Gasteiger partial charge is 0.368 e. The van der Waals surface area contributed by atoms with Crippen molar-refractivity contribution in [3.8, 4) is 0 Å². The van der Waals surface area contributed by atoms with Gasteiger partial charge in [0.05, 0.1) is 6.04 Å². The molecule has 3 heterocycles. The lowest BCUT2D eigenvalue weighted by atomic mass is 10.1. The van der Waals surface area contributed by atoms with Gasteiger partial charge in [-0.25, -0.2) is 4.98 Å². The van der Waals surface area contributed by atoms with Crippen molar-refractivity contribution < 1.29 is 14.1 Å². The Kier molecular flexibility index (Phi) is 3.51. The highest BCUT2D eigenvalue weighted by atomic mass is 16.5. The van der Waals surface area contributed by atoms with Gasteiger partial charge < -0.3 is 19.1 Å². The van der Waals surface area contributed by atoms with Crippen molar-refractivity contribution in [3.63, 3.8) is 0 Å². The maximum Gasteiger partial charge on any atom is 0.273 e. The Hall–Kier alpha value is -2.15. The van der Waals surface area contributed by atoms with Gasteiger partial charge in [0.1, 0.15) is 18.2 Å². The molecular weight excluding hydrogens is 260 g/mol. The summed E-state index contributed by atoms with van der Waals surface area (Å²) in [5.74, 6) is 0.587. The molecule has 3 rings (SSSR count). The van der Waals surface area contributed by atoms with Gasteiger partial charge in [-0.15, -0.1) is 0 Å². The molecule has 7 heteroatoms. The molecule has 7 nitrogen and oxygen atoms in total. The number of carbonyl (C=O) groups excluding carboxylic acids is 1. The number of amides is 1. The van der Waals surface area contributed by atoms with Gasteiger partial charge in [-0.05, 0) is 13.3 Å². The van der Waals surface area contributed by atoms with E-state index in [-0.39, 0.29) is 23.7 Å². The number of carbonyl (C=O) groups is 1. The maximum atomic E-state index is 12.0. The van der Waals surface area contributed by atoms with Crippen LogP contribution in [0.25, 0.3) is 0 Å². The highest BCUT2D eigenvalue weighted by molar-refractivity contribution is 5.92. The average molecular weight is 276 g/mol. The van der Waals surface area contributed by atoms with E-state index in [1.54, 1.807) is 6.20 Å². The third-order valence-electron chi connectivity index (χ3n) is 3.42. The zero-order valence-corrected chi connectivity index (χ0v) is 11.2. The summed E-state index contributed by atoms with van der Waals surface area (Å²) in [6.07, 6.45) is 5.57. The molecule has 1 amide bonds. The first-order valence-electron chi connectivity index (χ1n) is 6.63.